The molecule has 2 aromatic rings. The van der Waals surface area contributed by atoms with Crippen molar-refractivity contribution in [2.24, 2.45) is 11.1 Å². The van der Waals surface area contributed by atoms with Crippen LogP contribution in [0.15, 0.2) is 43.6 Å². The summed E-state index contributed by atoms with van der Waals surface area (Å²) in [6, 6.07) is 5.89. The maximum absolute atomic E-state index is 13.4. The van der Waals surface area contributed by atoms with Gasteiger partial charge in [-0.25, -0.2) is 0 Å². The molecule has 1 aliphatic heterocycles. The van der Waals surface area contributed by atoms with Crippen LogP contribution in [0.2, 0.25) is 0 Å². The number of aromatic nitrogens is 2. The summed E-state index contributed by atoms with van der Waals surface area (Å²) in [5.41, 5.74) is 7.99. The van der Waals surface area contributed by atoms with Crippen LogP contribution in [0, 0.1) is 23.7 Å². The van der Waals surface area contributed by atoms with Crippen molar-refractivity contribution < 1.29 is 9.21 Å². The van der Waals surface area contributed by atoms with Gasteiger partial charge < -0.3 is 10.2 Å². The van der Waals surface area contributed by atoms with Crippen LogP contribution >= 0.6 is 23.1 Å². The van der Waals surface area contributed by atoms with Gasteiger partial charge in [0.05, 0.1) is 17.6 Å². The molecule has 0 aromatic carbocycles. The summed E-state index contributed by atoms with van der Waals surface area (Å²) < 4.78 is 6.68. The summed E-state index contributed by atoms with van der Waals surface area (Å²) in [6.45, 7) is 8.02. The number of nitrogens with zero attached hydrogens (tertiary/aromatic N) is 4. The van der Waals surface area contributed by atoms with E-state index in [1.807, 2.05) is 26.0 Å². The summed E-state index contributed by atoms with van der Waals surface area (Å²) in [5.74, 6) is 1.85. The van der Waals surface area contributed by atoms with Crippen LogP contribution in [0.25, 0.3) is 0 Å². The van der Waals surface area contributed by atoms with E-state index in [1.165, 1.54) is 11.3 Å². The Bertz CT molecular complexity index is 1120. The number of anilines is 1. The van der Waals surface area contributed by atoms with Gasteiger partial charge in [0.15, 0.2) is 10.1 Å². The van der Waals surface area contributed by atoms with Crippen LogP contribution in [0.4, 0.5) is 5.13 Å². The third kappa shape index (κ3) is 3.44. The molecule has 3 heterocycles. The van der Waals surface area contributed by atoms with E-state index < -0.39 is 5.92 Å². The van der Waals surface area contributed by atoms with Gasteiger partial charge in [-0.2, -0.15) is 5.26 Å². The lowest BCUT2D eigenvalue weighted by Gasteiger charge is -2.42. The summed E-state index contributed by atoms with van der Waals surface area (Å²) >= 11 is 3.01. The molecule has 0 bridgehead atoms. The van der Waals surface area contributed by atoms with E-state index in [9.17, 15) is 10.1 Å². The Kier molecular flexibility index (Phi) is 5.24. The number of nitriles is 1. The van der Waals surface area contributed by atoms with Crippen molar-refractivity contribution >= 4 is 34.0 Å². The molecule has 0 fully saturated rings. The summed E-state index contributed by atoms with van der Waals surface area (Å²) in [4.78, 5) is 15.1. The smallest absolute Gasteiger partial charge is 0.219 e. The molecule has 1 aliphatic carbocycles. The number of thioether (sulfide) groups is 1. The van der Waals surface area contributed by atoms with Crippen molar-refractivity contribution in [3.8, 4) is 6.07 Å². The number of aryl methyl sites for hydroxylation is 1. The van der Waals surface area contributed by atoms with Gasteiger partial charge in [-0.1, -0.05) is 43.9 Å². The number of carbonyl (C=O) groups excluding carboxylic acids is 1. The number of carbonyl (C=O) groups is 1. The average Bonchev–Trinajstić information content (AvgIpc) is 3.29. The molecule has 30 heavy (non-hydrogen) atoms. The number of rotatable bonds is 4. The van der Waals surface area contributed by atoms with E-state index in [-0.39, 0.29) is 17.0 Å². The first-order valence-corrected chi connectivity index (χ1v) is 11.5. The Morgan fingerprint density at radius 2 is 2.17 bits per heavy atom. The Labute approximate surface area is 183 Å². The average molecular weight is 442 g/mol. The number of allylic oxidation sites excluding steroid dienone is 3. The maximum Gasteiger partial charge on any atom is 0.219 e. The van der Waals surface area contributed by atoms with Gasteiger partial charge in [-0.3, -0.25) is 9.69 Å². The molecular weight excluding hydrogens is 418 g/mol. The Hall–Kier alpha value is -2.57. The monoisotopic (exact) mass is 441 g/mol. The molecule has 2 aliphatic rings. The zero-order chi connectivity index (χ0) is 21.6. The molecule has 9 heteroatoms. The van der Waals surface area contributed by atoms with Crippen LogP contribution in [-0.4, -0.2) is 21.7 Å². The van der Waals surface area contributed by atoms with Gasteiger partial charge in [-0.15, -0.1) is 10.2 Å². The number of hydrogen-bond acceptors (Lipinski definition) is 9. The van der Waals surface area contributed by atoms with Crippen molar-refractivity contribution in [1.82, 2.24) is 10.2 Å². The first kappa shape index (κ1) is 20.7. The molecule has 2 aromatic heterocycles. The lowest BCUT2D eigenvalue weighted by atomic mass is 9.69. The van der Waals surface area contributed by atoms with Crippen molar-refractivity contribution in [3.05, 3.63) is 46.3 Å². The normalized spacial score (nSPS) is 21.1. The second-order valence-electron chi connectivity index (χ2n) is 8.21. The van der Waals surface area contributed by atoms with Crippen LogP contribution in [0.1, 0.15) is 51.1 Å². The van der Waals surface area contributed by atoms with Gasteiger partial charge in [0.2, 0.25) is 5.13 Å². The second-order valence-corrected chi connectivity index (χ2v) is 10.7. The first-order valence-electron chi connectivity index (χ1n) is 9.74. The Morgan fingerprint density at radius 1 is 1.40 bits per heavy atom. The minimum atomic E-state index is -0.601. The highest BCUT2D eigenvalue weighted by Crippen LogP contribution is 2.50. The number of Topliss-reactive ketones (excluding diaryl/α,β-unsaturated/α-hetero) is 1. The zero-order valence-corrected chi connectivity index (χ0v) is 19.0. The molecule has 0 saturated heterocycles. The molecule has 0 saturated carbocycles. The zero-order valence-electron chi connectivity index (χ0n) is 17.4. The van der Waals surface area contributed by atoms with E-state index in [0.29, 0.717) is 34.9 Å². The van der Waals surface area contributed by atoms with Crippen molar-refractivity contribution in [2.45, 2.75) is 50.8 Å². The molecule has 0 radical (unpaired) electrons. The summed E-state index contributed by atoms with van der Waals surface area (Å²) in [6.07, 6.45) is 1.04. The second kappa shape index (κ2) is 7.60. The fourth-order valence-electron chi connectivity index (χ4n) is 4.10. The van der Waals surface area contributed by atoms with E-state index in [0.717, 1.165) is 21.5 Å². The third-order valence-corrected chi connectivity index (χ3v) is 7.21. The largest absolute Gasteiger partial charge is 0.465 e. The van der Waals surface area contributed by atoms with Crippen LogP contribution in [-0.2, 0) is 4.79 Å². The number of furan rings is 1. The highest BCUT2D eigenvalue weighted by atomic mass is 32.2. The lowest BCUT2D eigenvalue weighted by Crippen LogP contribution is -2.42. The van der Waals surface area contributed by atoms with Gasteiger partial charge in [-0.05, 0) is 36.6 Å². The van der Waals surface area contributed by atoms with Gasteiger partial charge in [0.1, 0.15) is 17.3 Å². The minimum Gasteiger partial charge on any atom is -0.465 e. The third-order valence-electron chi connectivity index (χ3n) is 5.28. The van der Waals surface area contributed by atoms with Crippen LogP contribution in [0.5, 0.6) is 0 Å². The van der Waals surface area contributed by atoms with Gasteiger partial charge >= 0.3 is 0 Å². The Morgan fingerprint density at radius 3 is 2.80 bits per heavy atom. The SMILES string of the molecule is CCSc1nnc(N2C(N)=C(C#N)C(c3ccc(C)o3)C3=C2CC(C)(C)CC3=O)s1. The van der Waals surface area contributed by atoms with E-state index in [1.54, 1.807) is 16.7 Å². The number of ketones is 1. The van der Waals surface area contributed by atoms with Crippen molar-refractivity contribution in [2.75, 3.05) is 10.7 Å². The van der Waals surface area contributed by atoms with E-state index in [4.69, 9.17) is 10.2 Å². The fraction of sp³-hybridized carbons (Fsp3) is 0.429. The lowest BCUT2D eigenvalue weighted by molar-refractivity contribution is -0.118. The molecule has 4 rings (SSSR count). The minimum absolute atomic E-state index is 0.0122. The predicted molar refractivity (Wildman–Crippen MR) is 117 cm³/mol. The predicted octanol–water partition coefficient (Wildman–Crippen LogP) is 4.49. The molecule has 156 valence electrons. The maximum atomic E-state index is 13.4. The van der Waals surface area contributed by atoms with Crippen LogP contribution < -0.4 is 10.6 Å². The molecule has 7 nitrogen and oxygen atoms in total. The summed E-state index contributed by atoms with van der Waals surface area (Å²) in [7, 11) is 0. The number of hydrogen-bond donors (Lipinski definition) is 1. The molecule has 1 atom stereocenters. The number of nitrogens with two attached hydrogens (primary N) is 1. The molecule has 1 unspecified atom stereocenters. The first-order chi connectivity index (χ1) is 14.3. The van der Waals surface area contributed by atoms with Gasteiger partial charge in [0, 0.05) is 17.7 Å². The van der Waals surface area contributed by atoms with E-state index >= 15 is 0 Å². The highest BCUT2D eigenvalue weighted by Gasteiger charge is 2.46. The molecular formula is C21H23N5O2S2. The van der Waals surface area contributed by atoms with Crippen molar-refractivity contribution in [3.63, 3.8) is 0 Å². The topological polar surface area (TPSA) is 109 Å². The summed E-state index contributed by atoms with van der Waals surface area (Å²) in [5, 5.41) is 19.1. The quantitative estimate of drug-likeness (QED) is 0.691. The Balaban J connectivity index is 1.94. The highest BCUT2D eigenvalue weighted by molar-refractivity contribution is 8.01. The van der Waals surface area contributed by atoms with Gasteiger partial charge in [0.25, 0.3) is 0 Å². The molecule has 2 N–H and O–H groups in total. The molecule has 0 amide bonds. The standard InChI is InChI=1S/C21H23N5O2S2/c1-5-29-20-25-24-19(30-20)26-13-8-21(3,4)9-14(27)17(13)16(12(10-22)18(26)23)15-7-6-11(2)28-15/h6-7,16H,5,8-9,23H2,1-4H3. The van der Waals surface area contributed by atoms with Crippen molar-refractivity contribution in [1.29, 1.82) is 5.26 Å². The van der Waals surface area contributed by atoms with E-state index in [2.05, 4.69) is 30.1 Å². The molecule has 0 spiro atoms. The fourth-order valence-corrected chi connectivity index (χ4v) is 5.87. The van der Waals surface area contributed by atoms with Crippen LogP contribution in [0.3, 0.4) is 0 Å².